The maximum Gasteiger partial charge on any atom is 0.280 e. The van der Waals surface area contributed by atoms with E-state index in [4.69, 9.17) is 20.9 Å². The summed E-state index contributed by atoms with van der Waals surface area (Å²) in [5, 5.41) is 4.35. The second-order valence-corrected chi connectivity index (χ2v) is 7.79. The molecule has 3 rings (SSSR count). The van der Waals surface area contributed by atoms with E-state index in [1.54, 1.807) is 25.3 Å². The van der Waals surface area contributed by atoms with Crippen LogP contribution in [0.2, 0.25) is 5.02 Å². The molecule has 1 aromatic heterocycles. The first kappa shape index (κ1) is 18.3. The first-order chi connectivity index (χ1) is 12.0. The lowest BCUT2D eigenvalue weighted by molar-refractivity contribution is 0.148. The highest BCUT2D eigenvalue weighted by molar-refractivity contribution is 7.87. The molecule has 2 heterocycles. The average molecular weight is 387 g/mol. The van der Waals surface area contributed by atoms with Crippen molar-refractivity contribution >= 4 is 21.8 Å². The second-order valence-electron chi connectivity index (χ2n) is 5.68. The van der Waals surface area contributed by atoms with Crippen LogP contribution in [0.15, 0.2) is 28.8 Å². The van der Waals surface area contributed by atoms with Crippen molar-refractivity contribution in [1.29, 1.82) is 0 Å². The topological polar surface area (TPSA) is 97.6 Å². The fourth-order valence-corrected chi connectivity index (χ4v) is 4.42. The molecule has 25 heavy (non-hydrogen) atoms. The third kappa shape index (κ3) is 4.18. The van der Waals surface area contributed by atoms with Crippen molar-refractivity contribution < 1.29 is 17.7 Å². The Morgan fingerprint density at radius 3 is 3.00 bits per heavy atom. The Kier molecular flexibility index (Phi) is 5.70. The summed E-state index contributed by atoms with van der Waals surface area (Å²) in [6.45, 7) is 0.756. The van der Waals surface area contributed by atoms with Gasteiger partial charge in [0.05, 0.1) is 18.2 Å². The zero-order chi connectivity index (χ0) is 17.9. The summed E-state index contributed by atoms with van der Waals surface area (Å²) < 4.78 is 39.1. The molecular formula is C15H19ClN4O4S. The molecule has 0 radical (unpaired) electrons. The summed E-state index contributed by atoms with van der Waals surface area (Å²) in [5.74, 6) is 0.485. The number of aromatic nitrogens is 2. The Morgan fingerprint density at radius 2 is 2.24 bits per heavy atom. The van der Waals surface area contributed by atoms with Crippen LogP contribution >= 0.6 is 11.6 Å². The van der Waals surface area contributed by atoms with Crippen LogP contribution in [0.25, 0.3) is 11.4 Å². The minimum absolute atomic E-state index is 0.0873. The summed E-state index contributed by atoms with van der Waals surface area (Å²) in [6.07, 6.45) is 1.60. The molecule has 8 nitrogen and oxygen atoms in total. The normalized spacial score (nSPS) is 18.7. The highest BCUT2D eigenvalue weighted by Gasteiger charge is 2.34. The van der Waals surface area contributed by atoms with Gasteiger partial charge in [-0.1, -0.05) is 28.9 Å². The van der Waals surface area contributed by atoms with Gasteiger partial charge in [0.25, 0.3) is 10.2 Å². The Bertz CT molecular complexity index is 826. The molecule has 0 amide bonds. The zero-order valence-electron chi connectivity index (χ0n) is 13.7. The van der Waals surface area contributed by atoms with E-state index in [0.717, 1.165) is 12.8 Å². The number of halogens is 1. The van der Waals surface area contributed by atoms with Crippen molar-refractivity contribution in [1.82, 2.24) is 19.2 Å². The first-order valence-electron chi connectivity index (χ1n) is 7.84. The molecule has 1 atom stereocenters. The monoisotopic (exact) mass is 386 g/mol. The third-order valence-electron chi connectivity index (χ3n) is 3.98. The van der Waals surface area contributed by atoms with E-state index in [0.29, 0.717) is 29.6 Å². The predicted molar refractivity (Wildman–Crippen MR) is 92.1 cm³/mol. The van der Waals surface area contributed by atoms with Gasteiger partial charge in [0.2, 0.25) is 11.7 Å². The molecule has 2 aromatic rings. The van der Waals surface area contributed by atoms with Crippen LogP contribution in [0.1, 0.15) is 18.7 Å². The highest BCUT2D eigenvalue weighted by atomic mass is 35.5. The fraction of sp³-hybridized carbons (Fsp3) is 0.467. The number of methoxy groups -OCH3 is 1. The van der Waals surface area contributed by atoms with Crippen LogP contribution in [-0.4, -0.2) is 49.2 Å². The van der Waals surface area contributed by atoms with Gasteiger partial charge in [-0.2, -0.15) is 22.4 Å². The number of benzene rings is 1. The van der Waals surface area contributed by atoms with Gasteiger partial charge in [-0.05, 0) is 25.0 Å². The number of nitrogens with zero attached hydrogens (tertiary/aromatic N) is 3. The van der Waals surface area contributed by atoms with Crippen LogP contribution in [0.3, 0.4) is 0 Å². The van der Waals surface area contributed by atoms with Gasteiger partial charge in [0, 0.05) is 25.3 Å². The van der Waals surface area contributed by atoms with Crippen molar-refractivity contribution in [2.45, 2.75) is 25.4 Å². The number of nitrogens with one attached hydrogen (secondary N) is 1. The number of ether oxygens (including phenoxy) is 1. The molecule has 1 N–H and O–H groups in total. The molecule has 10 heteroatoms. The Labute approximate surface area is 151 Å². The lowest BCUT2D eigenvalue weighted by Crippen LogP contribution is -2.44. The molecule has 1 aromatic carbocycles. The smallest absolute Gasteiger partial charge is 0.280 e. The average Bonchev–Trinajstić information content (AvgIpc) is 3.23. The van der Waals surface area contributed by atoms with Crippen LogP contribution in [0, 0.1) is 0 Å². The van der Waals surface area contributed by atoms with Crippen LogP contribution in [0.5, 0.6) is 0 Å². The van der Waals surface area contributed by atoms with E-state index in [-0.39, 0.29) is 18.5 Å². The van der Waals surface area contributed by atoms with Gasteiger partial charge in [0.15, 0.2) is 0 Å². The van der Waals surface area contributed by atoms with Crippen molar-refractivity contribution in [2.75, 3.05) is 20.3 Å². The highest BCUT2D eigenvalue weighted by Crippen LogP contribution is 2.25. The predicted octanol–water partition coefficient (Wildman–Crippen LogP) is 1.84. The largest absolute Gasteiger partial charge is 0.383 e. The van der Waals surface area contributed by atoms with E-state index < -0.39 is 10.2 Å². The summed E-state index contributed by atoms with van der Waals surface area (Å²) in [7, 11) is -2.08. The zero-order valence-corrected chi connectivity index (χ0v) is 15.3. The number of rotatable bonds is 7. The van der Waals surface area contributed by atoms with Gasteiger partial charge in [0.1, 0.15) is 0 Å². The molecule has 1 aliphatic heterocycles. The molecule has 1 fully saturated rings. The Hall–Kier alpha value is -1.52. The molecule has 1 saturated heterocycles. The SMILES string of the molecule is COC[C@H]1CCCN1S(=O)(=O)NCc1nc(-c2ccccc2Cl)no1. The minimum Gasteiger partial charge on any atom is -0.383 e. The quantitative estimate of drug-likeness (QED) is 0.779. The van der Waals surface area contributed by atoms with Crippen LogP contribution < -0.4 is 4.72 Å². The van der Waals surface area contributed by atoms with Crippen LogP contribution in [-0.2, 0) is 21.5 Å². The van der Waals surface area contributed by atoms with E-state index >= 15 is 0 Å². The van der Waals surface area contributed by atoms with E-state index in [9.17, 15) is 8.42 Å². The maximum atomic E-state index is 12.5. The lowest BCUT2D eigenvalue weighted by Gasteiger charge is -2.23. The van der Waals surface area contributed by atoms with E-state index in [1.807, 2.05) is 6.07 Å². The molecule has 0 saturated carbocycles. The Morgan fingerprint density at radius 1 is 1.44 bits per heavy atom. The summed E-state index contributed by atoms with van der Waals surface area (Å²) in [5.41, 5.74) is 0.627. The lowest BCUT2D eigenvalue weighted by atomic mass is 10.2. The third-order valence-corrected chi connectivity index (χ3v) is 5.92. The van der Waals surface area contributed by atoms with Gasteiger partial charge < -0.3 is 9.26 Å². The van der Waals surface area contributed by atoms with Crippen molar-refractivity contribution in [3.8, 4) is 11.4 Å². The van der Waals surface area contributed by atoms with Gasteiger partial charge >= 0.3 is 0 Å². The van der Waals surface area contributed by atoms with Gasteiger partial charge in [-0.15, -0.1) is 0 Å². The molecule has 0 unspecified atom stereocenters. The molecular weight excluding hydrogens is 368 g/mol. The standard InChI is InChI=1S/C15H19ClN4O4S/c1-23-10-11-5-4-8-20(11)25(21,22)17-9-14-18-15(19-24-14)12-6-2-3-7-13(12)16/h2-3,6-7,11,17H,4-5,8-10H2,1H3/t11-/m1/s1. The maximum absolute atomic E-state index is 12.5. The van der Waals surface area contributed by atoms with Gasteiger partial charge in [-0.3, -0.25) is 0 Å². The first-order valence-corrected chi connectivity index (χ1v) is 9.66. The fourth-order valence-electron chi connectivity index (χ4n) is 2.80. The van der Waals surface area contributed by atoms with Crippen molar-refractivity contribution in [3.63, 3.8) is 0 Å². The van der Waals surface area contributed by atoms with Crippen molar-refractivity contribution in [3.05, 3.63) is 35.2 Å². The summed E-state index contributed by atoms with van der Waals surface area (Å²) in [4.78, 5) is 4.19. The number of hydrogen-bond donors (Lipinski definition) is 1. The molecule has 0 spiro atoms. The second kappa shape index (κ2) is 7.79. The summed E-state index contributed by atoms with van der Waals surface area (Å²) in [6, 6.07) is 6.94. The summed E-state index contributed by atoms with van der Waals surface area (Å²) >= 11 is 6.10. The van der Waals surface area contributed by atoms with Crippen molar-refractivity contribution in [2.24, 2.45) is 0 Å². The minimum atomic E-state index is -3.64. The molecule has 136 valence electrons. The van der Waals surface area contributed by atoms with Crippen LogP contribution in [0.4, 0.5) is 0 Å². The molecule has 0 aliphatic carbocycles. The van der Waals surface area contributed by atoms with Gasteiger partial charge in [-0.25, -0.2) is 0 Å². The van der Waals surface area contributed by atoms with E-state index in [1.165, 1.54) is 4.31 Å². The van der Waals surface area contributed by atoms with E-state index in [2.05, 4.69) is 14.9 Å². The molecule has 0 bridgehead atoms. The molecule has 1 aliphatic rings. The number of hydrogen-bond acceptors (Lipinski definition) is 6. The Balaban J connectivity index is 1.67.